The Labute approximate surface area is 132 Å². The molecule has 1 rings (SSSR count). The van der Waals surface area contributed by atoms with Crippen LogP contribution in [-0.4, -0.2) is 35.0 Å². The van der Waals surface area contributed by atoms with E-state index < -0.39 is 11.5 Å². The van der Waals surface area contributed by atoms with Gasteiger partial charge in [-0.05, 0) is 44.4 Å². The van der Waals surface area contributed by atoms with Crippen LogP contribution in [0, 0.1) is 5.92 Å². The molecule has 2 amide bonds. The SMILES string of the molecule is CC(=O)NCCCCCC(=O)NC1(C(=O)O)CCC(C)CC1. The third kappa shape index (κ3) is 6.03. The zero-order chi connectivity index (χ0) is 16.6. The molecule has 1 saturated carbocycles. The van der Waals surface area contributed by atoms with E-state index in [0.717, 1.165) is 25.7 Å². The first-order valence-electron chi connectivity index (χ1n) is 8.14. The van der Waals surface area contributed by atoms with Gasteiger partial charge in [0.05, 0.1) is 0 Å². The molecule has 6 heteroatoms. The molecule has 6 nitrogen and oxygen atoms in total. The predicted octanol–water partition coefficient (Wildman–Crippen LogP) is 1.83. The first-order chi connectivity index (χ1) is 10.4. The highest BCUT2D eigenvalue weighted by atomic mass is 16.4. The van der Waals surface area contributed by atoms with Gasteiger partial charge in [0.25, 0.3) is 0 Å². The van der Waals surface area contributed by atoms with Gasteiger partial charge in [-0.25, -0.2) is 4.79 Å². The molecule has 1 fully saturated rings. The number of carboxylic acids is 1. The van der Waals surface area contributed by atoms with Gasteiger partial charge in [-0.3, -0.25) is 9.59 Å². The van der Waals surface area contributed by atoms with Crippen LogP contribution in [0.1, 0.15) is 65.2 Å². The van der Waals surface area contributed by atoms with Gasteiger partial charge in [0.2, 0.25) is 11.8 Å². The van der Waals surface area contributed by atoms with E-state index in [0.29, 0.717) is 38.1 Å². The highest BCUT2D eigenvalue weighted by Crippen LogP contribution is 2.32. The van der Waals surface area contributed by atoms with Crippen molar-refractivity contribution >= 4 is 17.8 Å². The minimum Gasteiger partial charge on any atom is -0.480 e. The summed E-state index contributed by atoms with van der Waals surface area (Å²) in [6, 6.07) is 0. The molecule has 0 spiro atoms. The monoisotopic (exact) mass is 312 g/mol. The van der Waals surface area contributed by atoms with Gasteiger partial charge in [0.1, 0.15) is 5.54 Å². The summed E-state index contributed by atoms with van der Waals surface area (Å²) in [5, 5.41) is 14.9. The normalized spacial score (nSPS) is 24.5. The molecule has 0 bridgehead atoms. The number of nitrogens with one attached hydrogen (secondary N) is 2. The largest absolute Gasteiger partial charge is 0.480 e. The van der Waals surface area contributed by atoms with Crippen LogP contribution in [0.5, 0.6) is 0 Å². The quantitative estimate of drug-likeness (QED) is 0.596. The van der Waals surface area contributed by atoms with Crippen molar-refractivity contribution in [1.29, 1.82) is 0 Å². The van der Waals surface area contributed by atoms with E-state index in [-0.39, 0.29) is 11.8 Å². The fourth-order valence-electron chi connectivity index (χ4n) is 2.83. The maximum absolute atomic E-state index is 12.0. The molecule has 0 aromatic heterocycles. The first-order valence-corrected chi connectivity index (χ1v) is 8.14. The van der Waals surface area contributed by atoms with Crippen LogP contribution in [0.4, 0.5) is 0 Å². The smallest absolute Gasteiger partial charge is 0.329 e. The fourth-order valence-corrected chi connectivity index (χ4v) is 2.83. The average Bonchev–Trinajstić information content (AvgIpc) is 2.45. The maximum atomic E-state index is 12.0. The molecular weight excluding hydrogens is 284 g/mol. The first kappa shape index (κ1) is 18.5. The number of hydrogen-bond acceptors (Lipinski definition) is 3. The van der Waals surface area contributed by atoms with Crippen molar-refractivity contribution in [2.45, 2.75) is 70.8 Å². The van der Waals surface area contributed by atoms with E-state index in [1.54, 1.807) is 0 Å². The number of amides is 2. The molecule has 1 aliphatic rings. The van der Waals surface area contributed by atoms with Crippen LogP contribution >= 0.6 is 0 Å². The van der Waals surface area contributed by atoms with Gasteiger partial charge in [0, 0.05) is 19.9 Å². The Bertz CT molecular complexity index is 401. The Balaban J connectivity index is 2.30. The highest BCUT2D eigenvalue weighted by molar-refractivity contribution is 5.87. The van der Waals surface area contributed by atoms with E-state index in [1.807, 2.05) is 0 Å². The topological polar surface area (TPSA) is 95.5 Å². The summed E-state index contributed by atoms with van der Waals surface area (Å²) >= 11 is 0. The average molecular weight is 312 g/mol. The molecule has 0 unspecified atom stereocenters. The maximum Gasteiger partial charge on any atom is 0.329 e. The zero-order valence-corrected chi connectivity index (χ0v) is 13.6. The summed E-state index contributed by atoms with van der Waals surface area (Å²) in [5.41, 5.74) is -1.07. The summed E-state index contributed by atoms with van der Waals surface area (Å²) in [6.45, 7) is 4.21. The van der Waals surface area contributed by atoms with Crippen LogP contribution in [-0.2, 0) is 14.4 Å². The molecule has 3 N–H and O–H groups in total. The van der Waals surface area contributed by atoms with Crippen molar-refractivity contribution in [3.63, 3.8) is 0 Å². The molecule has 0 saturated heterocycles. The Morgan fingerprint density at radius 3 is 2.32 bits per heavy atom. The van der Waals surface area contributed by atoms with Crippen molar-refractivity contribution in [3.05, 3.63) is 0 Å². The number of carbonyl (C=O) groups excluding carboxylic acids is 2. The van der Waals surface area contributed by atoms with E-state index in [4.69, 9.17) is 0 Å². The second-order valence-electron chi connectivity index (χ2n) is 6.41. The minimum absolute atomic E-state index is 0.0485. The summed E-state index contributed by atoms with van der Waals surface area (Å²) in [4.78, 5) is 34.2. The lowest BCUT2D eigenvalue weighted by molar-refractivity contribution is -0.149. The second-order valence-corrected chi connectivity index (χ2v) is 6.41. The third-order valence-corrected chi connectivity index (χ3v) is 4.37. The standard InChI is InChI=1S/C16H28N2O4/c1-12-7-9-16(10-8-12,15(21)22)18-14(20)6-4-3-5-11-17-13(2)19/h12H,3-11H2,1-2H3,(H,17,19)(H,18,20)(H,21,22). The molecular formula is C16H28N2O4. The molecule has 126 valence electrons. The Hall–Kier alpha value is -1.59. The molecule has 0 aromatic rings. The molecule has 22 heavy (non-hydrogen) atoms. The number of aliphatic carboxylic acids is 1. The van der Waals surface area contributed by atoms with Crippen LogP contribution in [0.25, 0.3) is 0 Å². The van der Waals surface area contributed by atoms with E-state index in [2.05, 4.69) is 17.6 Å². The van der Waals surface area contributed by atoms with E-state index in [9.17, 15) is 19.5 Å². The Kier molecular flexibility index (Phi) is 7.35. The number of hydrogen-bond donors (Lipinski definition) is 3. The van der Waals surface area contributed by atoms with Gasteiger partial charge in [-0.2, -0.15) is 0 Å². The van der Waals surface area contributed by atoms with Crippen molar-refractivity contribution in [3.8, 4) is 0 Å². The van der Waals surface area contributed by atoms with Gasteiger partial charge in [-0.15, -0.1) is 0 Å². The lowest BCUT2D eigenvalue weighted by atomic mass is 9.77. The van der Waals surface area contributed by atoms with E-state index >= 15 is 0 Å². The number of unbranched alkanes of at least 4 members (excludes halogenated alkanes) is 2. The van der Waals surface area contributed by atoms with Crippen LogP contribution in [0.3, 0.4) is 0 Å². The summed E-state index contributed by atoms with van der Waals surface area (Å²) in [5.74, 6) is -0.624. The van der Waals surface area contributed by atoms with Crippen LogP contribution in [0.2, 0.25) is 0 Å². The highest BCUT2D eigenvalue weighted by Gasteiger charge is 2.42. The molecule has 0 heterocycles. The van der Waals surface area contributed by atoms with Crippen LogP contribution < -0.4 is 10.6 Å². The summed E-state index contributed by atoms with van der Waals surface area (Å²) < 4.78 is 0. The molecule has 0 radical (unpaired) electrons. The molecule has 1 aliphatic carbocycles. The van der Waals surface area contributed by atoms with Crippen molar-refractivity contribution in [1.82, 2.24) is 10.6 Å². The Morgan fingerprint density at radius 2 is 1.77 bits per heavy atom. The van der Waals surface area contributed by atoms with Crippen molar-refractivity contribution in [2.24, 2.45) is 5.92 Å². The van der Waals surface area contributed by atoms with Gasteiger partial charge in [-0.1, -0.05) is 13.3 Å². The fraction of sp³-hybridized carbons (Fsp3) is 0.812. The zero-order valence-electron chi connectivity index (χ0n) is 13.6. The molecule has 0 aromatic carbocycles. The minimum atomic E-state index is -1.07. The molecule has 0 aliphatic heterocycles. The number of rotatable bonds is 8. The Morgan fingerprint density at radius 1 is 1.14 bits per heavy atom. The van der Waals surface area contributed by atoms with Crippen molar-refractivity contribution < 1.29 is 19.5 Å². The summed E-state index contributed by atoms with van der Waals surface area (Å²) in [7, 11) is 0. The van der Waals surface area contributed by atoms with Gasteiger partial charge in [0.15, 0.2) is 0 Å². The second kappa shape index (κ2) is 8.76. The third-order valence-electron chi connectivity index (χ3n) is 4.37. The van der Waals surface area contributed by atoms with Crippen LogP contribution in [0.15, 0.2) is 0 Å². The number of carbonyl (C=O) groups is 3. The molecule has 0 atom stereocenters. The number of carboxylic acid groups (broad SMARTS) is 1. The lowest BCUT2D eigenvalue weighted by Crippen LogP contribution is -2.56. The van der Waals surface area contributed by atoms with Gasteiger partial charge < -0.3 is 15.7 Å². The van der Waals surface area contributed by atoms with Crippen molar-refractivity contribution in [2.75, 3.05) is 6.54 Å². The lowest BCUT2D eigenvalue weighted by Gasteiger charge is -2.36. The summed E-state index contributed by atoms with van der Waals surface area (Å²) in [6.07, 6.45) is 5.41. The predicted molar refractivity (Wildman–Crippen MR) is 83.3 cm³/mol. The van der Waals surface area contributed by atoms with E-state index in [1.165, 1.54) is 6.92 Å². The van der Waals surface area contributed by atoms with Gasteiger partial charge >= 0.3 is 5.97 Å².